The summed E-state index contributed by atoms with van der Waals surface area (Å²) >= 11 is 0. The summed E-state index contributed by atoms with van der Waals surface area (Å²) in [6, 6.07) is 7.08. The molecule has 136 valence electrons. The van der Waals surface area contributed by atoms with Gasteiger partial charge in [0.05, 0.1) is 11.1 Å². The fourth-order valence-electron chi connectivity index (χ4n) is 3.19. The molecule has 1 aliphatic heterocycles. The highest BCUT2D eigenvalue weighted by Gasteiger charge is 2.28. The number of nitrogens with zero attached hydrogens (tertiary/aromatic N) is 4. The van der Waals surface area contributed by atoms with Gasteiger partial charge in [-0.25, -0.2) is 8.42 Å². The number of piperazine rings is 1. The van der Waals surface area contributed by atoms with Gasteiger partial charge in [-0.1, -0.05) is 17.7 Å². The molecule has 2 heterocycles. The molecule has 0 aliphatic carbocycles. The molecule has 0 spiro atoms. The first-order valence-electron chi connectivity index (χ1n) is 8.72. The maximum Gasteiger partial charge on any atom is 0.243 e. The van der Waals surface area contributed by atoms with Crippen molar-refractivity contribution in [3.63, 3.8) is 0 Å². The second-order valence-electron chi connectivity index (χ2n) is 6.56. The third-order valence-corrected chi connectivity index (χ3v) is 6.80. The molecular formula is C18H26N4O2S. The molecule has 1 fully saturated rings. The van der Waals surface area contributed by atoms with Crippen LogP contribution in [0.15, 0.2) is 35.4 Å². The molecule has 0 atom stereocenters. The fourth-order valence-corrected chi connectivity index (χ4v) is 4.61. The van der Waals surface area contributed by atoms with Gasteiger partial charge in [0.25, 0.3) is 0 Å². The lowest BCUT2D eigenvalue weighted by Crippen LogP contribution is -2.48. The van der Waals surface area contributed by atoms with E-state index in [2.05, 4.69) is 23.8 Å². The summed E-state index contributed by atoms with van der Waals surface area (Å²) in [7, 11) is -3.39. The number of hydrogen-bond acceptors (Lipinski definition) is 4. The van der Waals surface area contributed by atoms with E-state index in [1.165, 1.54) is 11.3 Å². The van der Waals surface area contributed by atoms with Crippen LogP contribution in [-0.4, -0.2) is 53.6 Å². The molecule has 0 radical (unpaired) electrons. The van der Waals surface area contributed by atoms with E-state index in [1.54, 1.807) is 16.4 Å². The second-order valence-corrected chi connectivity index (χ2v) is 8.50. The van der Waals surface area contributed by atoms with Crippen molar-refractivity contribution in [2.75, 3.05) is 26.2 Å². The topological polar surface area (TPSA) is 58.4 Å². The SMILES string of the molecule is CCn1ncc(CN2CCN(S(=O)(=O)c3ccc(C)cc3)CC2)c1C. The van der Waals surface area contributed by atoms with Crippen LogP contribution in [0.4, 0.5) is 0 Å². The van der Waals surface area contributed by atoms with Crippen molar-refractivity contribution in [1.82, 2.24) is 19.0 Å². The number of hydrogen-bond donors (Lipinski definition) is 0. The summed E-state index contributed by atoms with van der Waals surface area (Å²) in [6.07, 6.45) is 1.92. The molecular weight excluding hydrogens is 336 g/mol. The van der Waals surface area contributed by atoms with E-state index >= 15 is 0 Å². The minimum absolute atomic E-state index is 0.381. The van der Waals surface area contributed by atoms with E-state index in [4.69, 9.17) is 0 Å². The number of benzene rings is 1. The van der Waals surface area contributed by atoms with Crippen LogP contribution in [0.2, 0.25) is 0 Å². The molecule has 0 bridgehead atoms. The Kier molecular flexibility index (Phi) is 5.27. The molecule has 1 aromatic heterocycles. The molecule has 3 rings (SSSR count). The van der Waals surface area contributed by atoms with Crippen molar-refractivity contribution in [3.05, 3.63) is 47.3 Å². The third kappa shape index (κ3) is 3.78. The van der Waals surface area contributed by atoms with Gasteiger partial charge in [0.2, 0.25) is 10.0 Å². The van der Waals surface area contributed by atoms with Crippen LogP contribution in [0, 0.1) is 13.8 Å². The van der Waals surface area contributed by atoms with Gasteiger partial charge in [-0.2, -0.15) is 9.40 Å². The van der Waals surface area contributed by atoms with Gasteiger partial charge in [-0.05, 0) is 32.9 Å². The molecule has 7 heteroatoms. The van der Waals surface area contributed by atoms with Gasteiger partial charge < -0.3 is 0 Å². The lowest BCUT2D eigenvalue weighted by atomic mass is 10.2. The van der Waals surface area contributed by atoms with Crippen molar-refractivity contribution < 1.29 is 8.42 Å². The highest BCUT2D eigenvalue weighted by molar-refractivity contribution is 7.89. The summed E-state index contributed by atoms with van der Waals surface area (Å²) in [5.74, 6) is 0. The first-order chi connectivity index (χ1) is 11.9. The zero-order valence-corrected chi connectivity index (χ0v) is 16.0. The summed E-state index contributed by atoms with van der Waals surface area (Å²) in [4.78, 5) is 2.68. The molecule has 1 aliphatic rings. The standard InChI is InChI=1S/C18H26N4O2S/c1-4-22-16(3)17(13-19-22)14-20-9-11-21(12-10-20)25(23,24)18-7-5-15(2)6-8-18/h5-8,13H,4,9-12,14H2,1-3H3. The van der Waals surface area contributed by atoms with E-state index in [0.29, 0.717) is 18.0 Å². The lowest BCUT2D eigenvalue weighted by Gasteiger charge is -2.33. The van der Waals surface area contributed by atoms with E-state index in [1.807, 2.05) is 29.9 Å². The Balaban J connectivity index is 1.63. The van der Waals surface area contributed by atoms with Crippen molar-refractivity contribution in [1.29, 1.82) is 0 Å². The summed E-state index contributed by atoms with van der Waals surface area (Å²) in [5, 5.41) is 4.38. The monoisotopic (exact) mass is 362 g/mol. The fraction of sp³-hybridized carbons (Fsp3) is 0.500. The highest BCUT2D eigenvalue weighted by atomic mass is 32.2. The van der Waals surface area contributed by atoms with Crippen LogP contribution < -0.4 is 0 Å². The van der Waals surface area contributed by atoms with Crippen LogP contribution in [0.5, 0.6) is 0 Å². The van der Waals surface area contributed by atoms with Gasteiger partial charge in [-0.3, -0.25) is 9.58 Å². The molecule has 1 saturated heterocycles. The summed E-state index contributed by atoms with van der Waals surface area (Å²) in [5.41, 5.74) is 3.47. The van der Waals surface area contributed by atoms with Crippen LogP contribution >= 0.6 is 0 Å². The normalized spacial score (nSPS) is 17.1. The van der Waals surface area contributed by atoms with Gasteiger partial charge in [0, 0.05) is 50.5 Å². The molecule has 2 aromatic rings. The van der Waals surface area contributed by atoms with E-state index in [9.17, 15) is 8.42 Å². The smallest absolute Gasteiger partial charge is 0.243 e. The van der Waals surface area contributed by atoms with E-state index in [-0.39, 0.29) is 0 Å². The number of rotatable bonds is 5. The minimum Gasteiger partial charge on any atom is -0.296 e. The Hall–Kier alpha value is -1.70. The molecule has 25 heavy (non-hydrogen) atoms. The molecule has 0 N–H and O–H groups in total. The van der Waals surface area contributed by atoms with Crippen LogP contribution in [0.3, 0.4) is 0 Å². The quantitative estimate of drug-likeness (QED) is 0.817. The number of aromatic nitrogens is 2. The van der Waals surface area contributed by atoms with Gasteiger partial charge in [-0.15, -0.1) is 0 Å². The Morgan fingerprint density at radius 3 is 2.24 bits per heavy atom. The highest BCUT2D eigenvalue weighted by Crippen LogP contribution is 2.19. The van der Waals surface area contributed by atoms with Gasteiger partial charge >= 0.3 is 0 Å². The summed E-state index contributed by atoms with van der Waals surface area (Å²) < 4.78 is 29.1. The molecule has 0 unspecified atom stereocenters. The minimum atomic E-state index is -3.39. The lowest BCUT2D eigenvalue weighted by molar-refractivity contribution is 0.181. The second kappa shape index (κ2) is 7.27. The zero-order valence-electron chi connectivity index (χ0n) is 15.1. The first kappa shape index (κ1) is 18.1. The maximum absolute atomic E-state index is 12.8. The average Bonchev–Trinajstić information content (AvgIpc) is 2.96. The molecule has 6 nitrogen and oxygen atoms in total. The largest absolute Gasteiger partial charge is 0.296 e. The van der Waals surface area contributed by atoms with Crippen LogP contribution in [0.1, 0.15) is 23.7 Å². The maximum atomic E-state index is 12.8. The number of sulfonamides is 1. The Labute approximate surface area is 150 Å². The van der Waals surface area contributed by atoms with Gasteiger partial charge in [0.15, 0.2) is 0 Å². The zero-order chi connectivity index (χ0) is 18.0. The van der Waals surface area contributed by atoms with Crippen molar-refractivity contribution in [2.24, 2.45) is 0 Å². The Morgan fingerprint density at radius 2 is 1.68 bits per heavy atom. The predicted molar refractivity (Wildman–Crippen MR) is 97.9 cm³/mol. The van der Waals surface area contributed by atoms with Crippen molar-refractivity contribution in [3.8, 4) is 0 Å². The molecule has 0 amide bonds. The van der Waals surface area contributed by atoms with E-state index < -0.39 is 10.0 Å². The average molecular weight is 362 g/mol. The van der Waals surface area contributed by atoms with Crippen LogP contribution in [0.25, 0.3) is 0 Å². The van der Waals surface area contributed by atoms with Crippen molar-refractivity contribution in [2.45, 2.75) is 38.8 Å². The summed E-state index contributed by atoms with van der Waals surface area (Å²) in [6.45, 7) is 10.3. The van der Waals surface area contributed by atoms with Crippen LogP contribution in [-0.2, 0) is 23.1 Å². The number of aryl methyl sites for hydroxylation is 2. The Bertz CT molecular complexity index is 819. The third-order valence-electron chi connectivity index (χ3n) is 4.89. The molecule has 1 aromatic carbocycles. The van der Waals surface area contributed by atoms with Gasteiger partial charge in [0.1, 0.15) is 0 Å². The van der Waals surface area contributed by atoms with E-state index in [0.717, 1.165) is 31.7 Å². The Morgan fingerprint density at radius 1 is 1.04 bits per heavy atom. The van der Waals surface area contributed by atoms with Crippen molar-refractivity contribution >= 4 is 10.0 Å². The first-order valence-corrected chi connectivity index (χ1v) is 10.2. The molecule has 0 saturated carbocycles. The predicted octanol–water partition coefficient (Wildman–Crippen LogP) is 2.03.